The first-order chi connectivity index (χ1) is 24.8. The average Bonchev–Trinajstić information content (AvgIpc) is 3.73. The van der Waals surface area contributed by atoms with Crippen LogP contribution in [0, 0.1) is 0 Å². The molecule has 50 heavy (non-hydrogen) atoms. The molecule has 5 nitrogen and oxygen atoms in total. The Morgan fingerprint density at radius 3 is 1.70 bits per heavy atom. The number of para-hydroxylation sites is 1. The summed E-state index contributed by atoms with van der Waals surface area (Å²) in [4.78, 5) is 19.5. The lowest BCUT2D eigenvalue weighted by molar-refractivity contribution is 1.05. The molecule has 234 valence electrons. The second-order valence-corrected chi connectivity index (χ2v) is 13.4. The van der Waals surface area contributed by atoms with Gasteiger partial charge < -0.3 is 4.57 Å². The van der Waals surface area contributed by atoms with Gasteiger partial charge in [-0.3, -0.25) is 4.98 Å². The van der Waals surface area contributed by atoms with Crippen molar-refractivity contribution >= 4 is 53.3 Å². The highest BCUT2D eigenvalue weighted by molar-refractivity contribution is 7.25. The van der Waals surface area contributed by atoms with Crippen LogP contribution in [0.4, 0.5) is 0 Å². The van der Waals surface area contributed by atoms with E-state index in [0.717, 1.165) is 27.8 Å². The average molecular weight is 658 g/mol. The molecule has 4 aromatic heterocycles. The van der Waals surface area contributed by atoms with Crippen LogP contribution in [0.1, 0.15) is 0 Å². The van der Waals surface area contributed by atoms with Crippen LogP contribution in [0.25, 0.3) is 93.1 Å². The lowest BCUT2D eigenvalue weighted by Crippen LogP contribution is -2.02. The standard InChI is InChI=1S/C44H27N5S/c1-3-11-28(12-4-1)42-46-43(29-13-5-2-6-14-29)48-44(47-42)37-24-21-32(27-45-37)49-38-17-9-7-15-33(38)34-22-19-30(25-39(34)49)31-20-23-36-35-16-8-10-18-40(35)50-41(36)26-31/h1-27H. The number of hydrogen-bond donors (Lipinski definition) is 0. The lowest BCUT2D eigenvalue weighted by atomic mass is 10.0. The summed E-state index contributed by atoms with van der Waals surface area (Å²) < 4.78 is 4.92. The summed E-state index contributed by atoms with van der Waals surface area (Å²) in [5.74, 6) is 1.76. The van der Waals surface area contributed by atoms with E-state index in [1.54, 1.807) is 0 Å². The predicted molar refractivity (Wildman–Crippen MR) is 207 cm³/mol. The van der Waals surface area contributed by atoms with Crippen LogP contribution in [-0.2, 0) is 0 Å². The third-order valence-electron chi connectivity index (χ3n) is 9.32. The Morgan fingerprint density at radius 2 is 0.980 bits per heavy atom. The number of fused-ring (bicyclic) bond motifs is 6. The number of thiophene rings is 1. The number of aromatic nitrogens is 5. The van der Waals surface area contributed by atoms with E-state index in [0.29, 0.717) is 23.2 Å². The Hall–Kier alpha value is -6.50. The Balaban J connectivity index is 1.09. The molecule has 0 fully saturated rings. The van der Waals surface area contributed by atoms with Crippen LogP contribution in [0.15, 0.2) is 164 Å². The molecule has 0 aliphatic heterocycles. The Kier molecular flexibility index (Phi) is 6.60. The van der Waals surface area contributed by atoms with E-state index >= 15 is 0 Å². The zero-order valence-electron chi connectivity index (χ0n) is 26.7. The SMILES string of the molecule is c1ccc(-c2nc(-c3ccccc3)nc(-c3ccc(-n4c5ccccc5c5ccc(-c6ccc7c(c6)sc6ccccc67)cc54)cn3)n2)cc1. The van der Waals surface area contributed by atoms with Crippen molar-refractivity contribution in [2.24, 2.45) is 0 Å². The van der Waals surface area contributed by atoms with Gasteiger partial charge >= 0.3 is 0 Å². The van der Waals surface area contributed by atoms with Crippen molar-refractivity contribution in [3.63, 3.8) is 0 Å². The fourth-order valence-corrected chi connectivity index (χ4v) is 8.05. The highest BCUT2D eigenvalue weighted by Crippen LogP contribution is 2.39. The van der Waals surface area contributed by atoms with Crippen molar-refractivity contribution in [1.29, 1.82) is 0 Å². The van der Waals surface area contributed by atoms with Crippen molar-refractivity contribution in [2.45, 2.75) is 0 Å². The number of rotatable bonds is 5. The van der Waals surface area contributed by atoms with Crippen molar-refractivity contribution in [3.05, 3.63) is 164 Å². The number of hydrogen-bond acceptors (Lipinski definition) is 5. The molecule has 10 rings (SSSR count). The normalized spacial score (nSPS) is 11.6. The van der Waals surface area contributed by atoms with Crippen LogP contribution in [-0.4, -0.2) is 24.5 Å². The first-order valence-corrected chi connectivity index (χ1v) is 17.4. The zero-order chi connectivity index (χ0) is 33.0. The Morgan fingerprint density at radius 1 is 0.400 bits per heavy atom. The molecule has 0 atom stereocenters. The molecule has 0 saturated heterocycles. The highest BCUT2D eigenvalue weighted by Gasteiger charge is 2.16. The van der Waals surface area contributed by atoms with Gasteiger partial charge in [-0.15, -0.1) is 11.3 Å². The first-order valence-electron chi connectivity index (χ1n) is 16.6. The zero-order valence-corrected chi connectivity index (χ0v) is 27.5. The summed E-state index contributed by atoms with van der Waals surface area (Å²) >= 11 is 1.85. The highest BCUT2D eigenvalue weighted by atomic mass is 32.1. The van der Waals surface area contributed by atoms with Gasteiger partial charge in [-0.1, -0.05) is 121 Å². The van der Waals surface area contributed by atoms with E-state index in [1.807, 2.05) is 84.3 Å². The van der Waals surface area contributed by atoms with Crippen LogP contribution in [0.5, 0.6) is 0 Å². The maximum atomic E-state index is 4.95. The minimum atomic E-state index is 0.533. The van der Waals surface area contributed by atoms with Crippen LogP contribution in [0.2, 0.25) is 0 Å². The summed E-state index contributed by atoms with van der Waals surface area (Å²) in [5.41, 5.74) is 8.16. The molecule has 0 amide bonds. The van der Waals surface area contributed by atoms with E-state index < -0.39 is 0 Å². The maximum Gasteiger partial charge on any atom is 0.182 e. The van der Waals surface area contributed by atoms with Gasteiger partial charge in [0.05, 0.1) is 22.9 Å². The van der Waals surface area contributed by atoms with E-state index in [-0.39, 0.29) is 0 Å². The topological polar surface area (TPSA) is 56.5 Å². The number of pyridine rings is 1. The summed E-state index contributed by atoms with van der Waals surface area (Å²) in [7, 11) is 0. The minimum Gasteiger partial charge on any atom is -0.308 e. The summed E-state index contributed by atoms with van der Waals surface area (Å²) in [6.07, 6.45) is 1.92. The molecule has 0 saturated carbocycles. The van der Waals surface area contributed by atoms with Gasteiger partial charge in [0.1, 0.15) is 5.69 Å². The van der Waals surface area contributed by atoms with Gasteiger partial charge in [-0.05, 0) is 47.5 Å². The summed E-state index contributed by atoms with van der Waals surface area (Å²) in [5, 5.41) is 5.03. The van der Waals surface area contributed by atoms with Gasteiger partial charge in [-0.25, -0.2) is 15.0 Å². The molecule has 0 bridgehead atoms. The number of nitrogens with zero attached hydrogens (tertiary/aromatic N) is 5. The van der Waals surface area contributed by atoms with Crippen molar-refractivity contribution in [3.8, 4) is 51.1 Å². The lowest BCUT2D eigenvalue weighted by Gasteiger charge is -2.11. The molecule has 0 spiro atoms. The smallest absolute Gasteiger partial charge is 0.182 e. The third-order valence-corrected chi connectivity index (χ3v) is 10.5. The predicted octanol–water partition coefficient (Wildman–Crippen LogP) is 11.4. The molecule has 0 aliphatic rings. The van der Waals surface area contributed by atoms with Crippen LogP contribution < -0.4 is 0 Å². The van der Waals surface area contributed by atoms with E-state index in [4.69, 9.17) is 19.9 Å². The largest absolute Gasteiger partial charge is 0.308 e. The monoisotopic (exact) mass is 657 g/mol. The fourth-order valence-electron chi connectivity index (χ4n) is 6.91. The van der Waals surface area contributed by atoms with Crippen molar-refractivity contribution in [1.82, 2.24) is 24.5 Å². The molecule has 10 aromatic rings. The second kappa shape index (κ2) is 11.6. The second-order valence-electron chi connectivity index (χ2n) is 12.3. The molecule has 4 heterocycles. The quantitative estimate of drug-likeness (QED) is 0.185. The molecule has 0 N–H and O–H groups in total. The number of benzene rings is 6. The van der Waals surface area contributed by atoms with E-state index in [1.165, 1.54) is 42.1 Å². The van der Waals surface area contributed by atoms with Crippen LogP contribution in [0.3, 0.4) is 0 Å². The van der Waals surface area contributed by atoms with Gasteiger partial charge in [0.25, 0.3) is 0 Å². The molecule has 0 radical (unpaired) electrons. The molecule has 6 heteroatoms. The van der Waals surface area contributed by atoms with E-state index in [2.05, 4.69) is 95.6 Å². The van der Waals surface area contributed by atoms with Crippen molar-refractivity contribution < 1.29 is 0 Å². The van der Waals surface area contributed by atoms with Gasteiger partial charge in [-0.2, -0.15) is 0 Å². The third kappa shape index (κ3) is 4.77. The summed E-state index contributed by atoms with van der Waals surface area (Å²) in [6, 6.07) is 55.0. The van der Waals surface area contributed by atoms with Crippen LogP contribution >= 0.6 is 11.3 Å². The Bertz CT molecular complexity index is 2800. The van der Waals surface area contributed by atoms with Gasteiger partial charge in [0.15, 0.2) is 17.5 Å². The molecule has 0 unspecified atom stereocenters. The molecular weight excluding hydrogens is 631 g/mol. The van der Waals surface area contributed by atoms with Crippen molar-refractivity contribution in [2.75, 3.05) is 0 Å². The first kappa shape index (κ1) is 28.5. The van der Waals surface area contributed by atoms with Gasteiger partial charge in [0.2, 0.25) is 0 Å². The molecule has 0 aliphatic carbocycles. The summed E-state index contributed by atoms with van der Waals surface area (Å²) in [6.45, 7) is 0. The molecule has 6 aromatic carbocycles. The maximum absolute atomic E-state index is 4.95. The van der Waals surface area contributed by atoms with Gasteiger partial charge in [0, 0.05) is 42.1 Å². The molecular formula is C44H27N5S. The fraction of sp³-hybridized carbons (Fsp3) is 0. The Labute approximate surface area is 291 Å². The minimum absolute atomic E-state index is 0.533. The van der Waals surface area contributed by atoms with E-state index in [9.17, 15) is 0 Å².